The average Bonchev–Trinajstić information content (AvgIpc) is 3.25. The van der Waals surface area contributed by atoms with Crippen LogP contribution in [-0.2, 0) is 7.05 Å². The minimum absolute atomic E-state index is 0.149. The van der Waals surface area contributed by atoms with Gasteiger partial charge in [-0.15, -0.1) is 10.2 Å². The van der Waals surface area contributed by atoms with E-state index in [9.17, 15) is 4.79 Å². The number of aromatic nitrogens is 6. The first-order valence-corrected chi connectivity index (χ1v) is 8.14. The molecule has 1 aromatic carbocycles. The first-order chi connectivity index (χ1) is 12.0. The molecule has 8 heteroatoms. The van der Waals surface area contributed by atoms with E-state index in [1.54, 1.807) is 28.0 Å². The molecule has 0 aliphatic rings. The van der Waals surface area contributed by atoms with Crippen LogP contribution < -0.4 is 5.32 Å². The van der Waals surface area contributed by atoms with Gasteiger partial charge in [0.1, 0.15) is 24.8 Å². The summed E-state index contributed by atoms with van der Waals surface area (Å²) in [4.78, 5) is 17.0. The van der Waals surface area contributed by atoms with Gasteiger partial charge in [-0.3, -0.25) is 14.0 Å². The lowest BCUT2D eigenvalue weighted by atomic mass is 10.0. The van der Waals surface area contributed by atoms with E-state index in [1.807, 2.05) is 25.2 Å². The molecule has 1 atom stereocenters. The maximum atomic E-state index is 12.8. The number of nitrogens with zero attached hydrogens (tertiary/aromatic N) is 6. The Kier molecular flexibility index (Phi) is 4.87. The van der Waals surface area contributed by atoms with E-state index in [0.717, 1.165) is 17.9 Å². The third kappa shape index (κ3) is 3.90. The maximum absolute atomic E-state index is 12.8. The molecule has 3 rings (SSSR count). The summed E-state index contributed by atoms with van der Waals surface area (Å²) in [5.74, 6) is 1.01. The van der Waals surface area contributed by atoms with Crippen LogP contribution >= 0.6 is 0 Å². The second-order valence-corrected chi connectivity index (χ2v) is 6.32. The third-order valence-electron chi connectivity index (χ3n) is 3.90. The SMILES string of the molecule is CC(C)CC(NC(=O)c1cccc(-n2cnnc2)c1)c1ncnn1C. The molecule has 0 saturated carbocycles. The van der Waals surface area contributed by atoms with Crippen LogP contribution in [-0.4, -0.2) is 35.4 Å². The van der Waals surface area contributed by atoms with Crippen molar-refractivity contribution in [2.75, 3.05) is 0 Å². The lowest BCUT2D eigenvalue weighted by Gasteiger charge is -2.20. The number of aryl methyl sites for hydroxylation is 1. The largest absolute Gasteiger partial charge is 0.342 e. The van der Waals surface area contributed by atoms with Gasteiger partial charge < -0.3 is 5.32 Å². The summed E-state index contributed by atoms with van der Waals surface area (Å²) in [6, 6.07) is 7.13. The minimum Gasteiger partial charge on any atom is -0.342 e. The standard InChI is InChI=1S/C17H21N7O/c1-12(2)7-15(16-18-9-21-23(16)3)22-17(25)13-5-4-6-14(8-13)24-10-19-20-11-24/h4-6,8-12,15H,7H2,1-3H3,(H,22,25). The van der Waals surface area contributed by atoms with Crippen molar-refractivity contribution in [3.63, 3.8) is 0 Å². The van der Waals surface area contributed by atoms with Gasteiger partial charge in [0.2, 0.25) is 0 Å². The molecule has 0 fully saturated rings. The van der Waals surface area contributed by atoms with Gasteiger partial charge in [0.25, 0.3) is 5.91 Å². The third-order valence-corrected chi connectivity index (χ3v) is 3.90. The number of hydrogen-bond acceptors (Lipinski definition) is 5. The van der Waals surface area contributed by atoms with E-state index in [1.165, 1.54) is 6.33 Å². The van der Waals surface area contributed by atoms with Crippen molar-refractivity contribution in [2.24, 2.45) is 13.0 Å². The van der Waals surface area contributed by atoms with Gasteiger partial charge in [0, 0.05) is 18.3 Å². The molecule has 0 spiro atoms. The number of hydrogen-bond donors (Lipinski definition) is 1. The summed E-state index contributed by atoms with van der Waals surface area (Å²) in [6.07, 6.45) is 5.47. The van der Waals surface area contributed by atoms with Crippen molar-refractivity contribution in [3.8, 4) is 5.69 Å². The molecule has 0 aliphatic heterocycles. The Bertz CT molecular complexity index is 838. The zero-order valence-electron chi connectivity index (χ0n) is 14.5. The smallest absolute Gasteiger partial charge is 0.251 e. The number of carbonyl (C=O) groups is 1. The van der Waals surface area contributed by atoms with Crippen LogP contribution in [0.5, 0.6) is 0 Å². The highest BCUT2D eigenvalue weighted by atomic mass is 16.1. The molecule has 1 unspecified atom stereocenters. The molecule has 1 amide bonds. The van der Waals surface area contributed by atoms with Gasteiger partial charge >= 0.3 is 0 Å². The summed E-state index contributed by atoms with van der Waals surface area (Å²) in [7, 11) is 1.83. The van der Waals surface area contributed by atoms with Gasteiger partial charge in [-0.2, -0.15) is 5.10 Å². The predicted molar refractivity (Wildman–Crippen MR) is 92.0 cm³/mol. The van der Waals surface area contributed by atoms with Crippen molar-refractivity contribution in [1.82, 2.24) is 34.8 Å². The molecule has 25 heavy (non-hydrogen) atoms. The molecule has 0 radical (unpaired) electrons. The van der Waals surface area contributed by atoms with Crippen molar-refractivity contribution in [3.05, 3.63) is 54.6 Å². The highest BCUT2D eigenvalue weighted by Crippen LogP contribution is 2.20. The quantitative estimate of drug-likeness (QED) is 0.741. The molecule has 8 nitrogen and oxygen atoms in total. The molecular formula is C17H21N7O. The van der Waals surface area contributed by atoms with Crippen LogP contribution in [0.4, 0.5) is 0 Å². The van der Waals surface area contributed by atoms with Crippen molar-refractivity contribution >= 4 is 5.91 Å². The Hall–Kier alpha value is -3.03. The maximum Gasteiger partial charge on any atom is 0.251 e. The summed E-state index contributed by atoms with van der Waals surface area (Å²) >= 11 is 0. The monoisotopic (exact) mass is 339 g/mol. The highest BCUT2D eigenvalue weighted by molar-refractivity contribution is 5.94. The van der Waals surface area contributed by atoms with Crippen LogP contribution in [0.25, 0.3) is 5.69 Å². The molecule has 130 valence electrons. The second-order valence-electron chi connectivity index (χ2n) is 6.32. The lowest BCUT2D eigenvalue weighted by molar-refractivity contribution is 0.0929. The lowest BCUT2D eigenvalue weighted by Crippen LogP contribution is -2.31. The van der Waals surface area contributed by atoms with E-state index >= 15 is 0 Å². The molecule has 0 aliphatic carbocycles. The number of rotatable bonds is 6. The van der Waals surface area contributed by atoms with Crippen molar-refractivity contribution in [1.29, 1.82) is 0 Å². The van der Waals surface area contributed by atoms with E-state index in [0.29, 0.717) is 11.5 Å². The van der Waals surface area contributed by atoms with Gasteiger partial charge in [-0.05, 0) is 30.5 Å². The molecule has 2 aromatic heterocycles. The van der Waals surface area contributed by atoms with Crippen molar-refractivity contribution < 1.29 is 4.79 Å². The van der Waals surface area contributed by atoms with Crippen LogP contribution in [0.2, 0.25) is 0 Å². The topological polar surface area (TPSA) is 90.5 Å². The zero-order chi connectivity index (χ0) is 17.8. The Morgan fingerprint density at radius 2 is 2.00 bits per heavy atom. The molecular weight excluding hydrogens is 318 g/mol. The number of nitrogens with one attached hydrogen (secondary N) is 1. The van der Waals surface area contributed by atoms with E-state index < -0.39 is 0 Å². The minimum atomic E-state index is -0.196. The first kappa shape index (κ1) is 16.8. The fourth-order valence-electron chi connectivity index (χ4n) is 2.70. The average molecular weight is 339 g/mol. The molecule has 2 heterocycles. The van der Waals surface area contributed by atoms with Crippen molar-refractivity contribution in [2.45, 2.75) is 26.3 Å². The fraction of sp³-hybridized carbons (Fsp3) is 0.353. The molecule has 3 aromatic rings. The predicted octanol–water partition coefficient (Wildman–Crippen LogP) is 1.91. The van der Waals surface area contributed by atoms with Gasteiger partial charge in [0.15, 0.2) is 0 Å². The summed E-state index contributed by atoms with van der Waals surface area (Å²) in [5.41, 5.74) is 1.40. The van der Waals surface area contributed by atoms with E-state index in [2.05, 4.69) is 39.4 Å². The Morgan fingerprint density at radius 1 is 1.24 bits per heavy atom. The van der Waals surface area contributed by atoms with Crippen LogP contribution in [0.1, 0.15) is 42.5 Å². The second kappa shape index (κ2) is 7.25. The highest BCUT2D eigenvalue weighted by Gasteiger charge is 2.21. The van der Waals surface area contributed by atoms with Gasteiger partial charge in [-0.25, -0.2) is 4.98 Å². The Labute approximate surface area is 145 Å². The molecule has 0 saturated heterocycles. The molecule has 1 N–H and O–H groups in total. The summed E-state index contributed by atoms with van der Waals surface area (Å²) in [5, 5.41) is 14.8. The van der Waals surface area contributed by atoms with Crippen LogP contribution in [0, 0.1) is 5.92 Å². The summed E-state index contributed by atoms with van der Waals surface area (Å²) < 4.78 is 3.45. The number of amides is 1. The first-order valence-electron chi connectivity index (χ1n) is 8.14. The number of carbonyl (C=O) groups excluding carboxylic acids is 1. The molecule has 0 bridgehead atoms. The zero-order valence-corrected chi connectivity index (χ0v) is 14.5. The Morgan fingerprint density at radius 3 is 2.64 bits per heavy atom. The van der Waals surface area contributed by atoms with Crippen LogP contribution in [0.15, 0.2) is 43.2 Å². The Balaban J connectivity index is 1.82. The number of benzene rings is 1. The normalized spacial score (nSPS) is 12.3. The van der Waals surface area contributed by atoms with Crippen LogP contribution in [0.3, 0.4) is 0 Å². The van der Waals surface area contributed by atoms with Gasteiger partial charge in [-0.1, -0.05) is 19.9 Å². The van der Waals surface area contributed by atoms with E-state index in [4.69, 9.17) is 0 Å². The summed E-state index contributed by atoms with van der Waals surface area (Å²) in [6.45, 7) is 4.23. The van der Waals surface area contributed by atoms with Gasteiger partial charge in [0.05, 0.1) is 6.04 Å². The van der Waals surface area contributed by atoms with E-state index in [-0.39, 0.29) is 11.9 Å². The fourth-order valence-corrected chi connectivity index (χ4v) is 2.70.